The van der Waals surface area contributed by atoms with Crippen molar-refractivity contribution in [1.82, 2.24) is 14.8 Å². The highest BCUT2D eigenvalue weighted by Gasteiger charge is 2.32. The van der Waals surface area contributed by atoms with Gasteiger partial charge in [-0.1, -0.05) is 24.3 Å². The van der Waals surface area contributed by atoms with Crippen LogP contribution < -0.4 is 4.74 Å². The Bertz CT molecular complexity index is 810. The number of hydrogen-bond acceptors (Lipinski definition) is 4. The summed E-state index contributed by atoms with van der Waals surface area (Å²) in [5.41, 5.74) is 1.92. The minimum absolute atomic E-state index is 0.0890. The third kappa shape index (κ3) is 4.88. The number of likely N-dealkylation sites (N-methyl/N-ethyl adjacent to an activating group) is 1. The number of aromatic nitrogens is 1. The second-order valence-corrected chi connectivity index (χ2v) is 7.15. The number of likely N-dealkylation sites (tertiary alicyclic amines) is 1. The Morgan fingerprint density at radius 3 is 2.79 bits per heavy atom. The van der Waals surface area contributed by atoms with E-state index in [1.54, 1.807) is 23.1 Å². The van der Waals surface area contributed by atoms with E-state index in [0.29, 0.717) is 32.5 Å². The van der Waals surface area contributed by atoms with Gasteiger partial charge in [-0.25, -0.2) is 0 Å². The summed E-state index contributed by atoms with van der Waals surface area (Å²) in [5, 5.41) is 0. The van der Waals surface area contributed by atoms with Crippen molar-refractivity contribution < 1.29 is 14.3 Å². The van der Waals surface area contributed by atoms with Crippen LogP contribution in [-0.4, -0.2) is 53.8 Å². The fraction of sp³-hybridized carbons (Fsp3) is 0.409. The number of piperidine rings is 1. The summed E-state index contributed by atoms with van der Waals surface area (Å²) >= 11 is 0. The number of ether oxygens (including phenoxy) is 1. The molecule has 1 aromatic heterocycles. The molecule has 0 radical (unpaired) electrons. The summed E-state index contributed by atoms with van der Waals surface area (Å²) < 4.78 is 5.39. The predicted octanol–water partition coefficient (Wildman–Crippen LogP) is 2.53. The van der Waals surface area contributed by atoms with Crippen LogP contribution in [0.3, 0.4) is 0 Å². The number of pyridine rings is 1. The summed E-state index contributed by atoms with van der Waals surface area (Å²) in [6.07, 6.45) is 3.49. The van der Waals surface area contributed by atoms with Crippen LogP contribution in [0.25, 0.3) is 0 Å². The molecule has 148 valence electrons. The first kappa shape index (κ1) is 19.9. The summed E-state index contributed by atoms with van der Waals surface area (Å²) in [6, 6.07) is 13.5. The summed E-state index contributed by atoms with van der Waals surface area (Å²) in [5.74, 6) is 0.775. The van der Waals surface area contributed by atoms with E-state index in [1.807, 2.05) is 49.5 Å². The topological polar surface area (TPSA) is 62.7 Å². The van der Waals surface area contributed by atoms with Crippen molar-refractivity contribution in [2.75, 3.05) is 27.2 Å². The first-order chi connectivity index (χ1) is 13.6. The molecular weight excluding hydrogens is 354 g/mol. The highest BCUT2D eigenvalue weighted by molar-refractivity contribution is 5.83. The Balaban J connectivity index is 1.59. The number of nitrogens with zero attached hydrogens (tertiary/aromatic N) is 3. The zero-order valence-electron chi connectivity index (χ0n) is 16.5. The van der Waals surface area contributed by atoms with Crippen molar-refractivity contribution in [3.8, 4) is 5.75 Å². The molecule has 0 spiro atoms. The van der Waals surface area contributed by atoms with Gasteiger partial charge in [-0.2, -0.15) is 0 Å². The van der Waals surface area contributed by atoms with E-state index in [2.05, 4.69) is 4.98 Å². The standard InChI is InChI=1S/C22H27N3O3/c1-24(14-12-19-8-5-6-13-23-19)22(27)18-10-11-21(26)25(16-18)15-17-7-3-4-9-20(17)28-2/h3-9,13,18H,10-12,14-16H2,1-2H3/t18-/m0/s1. The maximum atomic E-state index is 12.9. The fourth-order valence-corrected chi connectivity index (χ4v) is 3.56. The second kappa shape index (κ2) is 9.35. The Morgan fingerprint density at radius 2 is 2.04 bits per heavy atom. The van der Waals surface area contributed by atoms with Crippen molar-refractivity contribution in [3.63, 3.8) is 0 Å². The molecule has 28 heavy (non-hydrogen) atoms. The number of methoxy groups -OCH3 is 1. The lowest BCUT2D eigenvalue weighted by molar-refractivity contribution is -0.142. The molecule has 6 heteroatoms. The number of rotatable bonds is 7. The van der Waals surface area contributed by atoms with Gasteiger partial charge in [0.05, 0.1) is 13.0 Å². The van der Waals surface area contributed by atoms with Gasteiger partial charge >= 0.3 is 0 Å². The number of amides is 2. The molecule has 2 heterocycles. The summed E-state index contributed by atoms with van der Waals surface area (Å²) in [4.78, 5) is 33.1. The van der Waals surface area contributed by atoms with Crippen molar-refractivity contribution in [2.45, 2.75) is 25.8 Å². The Hall–Kier alpha value is -2.89. The van der Waals surface area contributed by atoms with Gasteiger partial charge in [-0.05, 0) is 24.6 Å². The quantitative estimate of drug-likeness (QED) is 0.739. The first-order valence-electron chi connectivity index (χ1n) is 9.63. The third-order valence-electron chi connectivity index (χ3n) is 5.21. The smallest absolute Gasteiger partial charge is 0.227 e. The number of para-hydroxylation sites is 1. The number of carbonyl (C=O) groups excluding carboxylic acids is 2. The third-order valence-corrected chi connectivity index (χ3v) is 5.21. The molecule has 0 aliphatic carbocycles. The minimum atomic E-state index is -0.166. The number of hydrogen-bond donors (Lipinski definition) is 0. The van der Waals surface area contributed by atoms with E-state index in [1.165, 1.54) is 0 Å². The SMILES string of the molecule is COc1ccccc1CN1C[C@@H](C(=O)N(C)CCc2ccccn2)CCC1=O. The van der Waals surface area contributed by atoms with Gasteiger partial charge in [0, 0.05) is 57.0 Å². The van der Waals surface area contributed by atoms with Crippen molar-refractivity contribution in [1.29, 1.82) is 0 Å². The van der Waals surface area contributed by atoms with E-state index in [4.69, 9.17) is 4.74 Å². The lowest BCUT2D eigenvalue weighted by atomic mass is 9.95. The zero-order valence-corrected chi connectivity index (χ0v) is 16.5. The van der Waals surface area contributed by atoms with Crippen LogP contribution >= 0.6 is 0 Å². The molecule has 1 saturated heterocycles. The molecule has 0 N–H and O–H groups in total. The summed E-state index contributed by atoms with van der Waals surface area (Å²) in [6.45, 7) is 1.53. The molecule has 0 unspecified atom stereocenters. The first-order valence-corrected chi connectivity index (χ1v) is 9.63. The van der Waals surface area contributed by atoms with Crippen LogP contribution in [0, 0.1) is 5.92 Å². The molecule has 1 aliphatic rings. The minimum Gasteiger partial charge on any atom is -0.496 e. The molecule has 1 aliphatic heterocycles. The lowest BCUT2D eigenvalue weighted by Crippen LogP contribution is -2.46. The highest BCUT2D eigenvalue weighted by atomic mass is 16.5. The van der Waals surface area contributed by atoms with Crippen molar-refractivity contribution in [2.24, 2.45) is 5.92 Å². The maximum absolute atomic E-state index is 12.9. The lowest BCUT2D eigenvalue weighted by Gasteiger charge is -2.34. The van der Waals surface area contributed by atoms with Gasteiger partial charge in [0.2, 0.25) is 11.8 Å². The molecule has 0 bridgehead atoms. The van der Waals surface area contributed by atoms with E-state index < -0.39 is 0 Å². The molecule has 2 aromatic rings. The Kier molecular flexibility index (Phi) is 6.63. The average Bonchev–Trinajstić information content (AvgIpc) is 2.74. The van der Waals surface area contributed by atoms with Crippen LogP contribution in [-0.2, 0) is 22.6 Å². The van der Waals surface area contributed by atoms with E-state index >= 15 is 0 Å². The van der Waals surface area contributed by atoms with E-state index in [9.17, 15) is 9.59 Å². The van der Waals surface area contributed by atoms with Gasteiger partial charge in [0.1, 0.15) is 5.75 Å². The van der Waals surface area contributed by atoms with Crippen molar-refractivity contribution in [3.05, 3.63) is 59.9 Å². The Morgan fingerprint density at radius 1 is 1.25 bits per heavy atom. The van der Waals surface area contributed by atoms with Crippen molar-refractivity contribution >= 4 is 11.8 Å². The second-order valence-electron chi connectivity index (χ2n) is 7.15. The fourth-order valence-electron chi connectivity index (χ4n) is 3.56. The number of carbonyl (C=O) groups is 2. The van der Waals surface area contributed by atoms with Gasteiger partial charge in [0.25, 0.3) is 0 Å². The monoisotopic (exact) mass is 381 g/mol. The van der Waals surface area contributed by atoms with Gasteiger partial charge in [0.15, 0.2) is 0 Å². The number of benzene rings is 1. The van der Waals surface area contributed by atoms with Gasteiger partial charge in [-0.3, -0.25) is 14.6 Å². The van der Waals surface area contributed by atoms with E-state index in [-0.39, 0.29) is 17.7 Å². The largest absolute Gasteiger partial charge is 0.496 e. The highest BCUT2D eigenvalue weighted by Crippen LogP contribution is 2.25. The zero-order chi connectivity index (χ0) is 19.9. The van der Waals surface area contributed by atoms with Gasteiger partial charge < -0.3 is 14.5 Å². The average molecular weight is 381 g/mol. The maximum Gasteiger partial charge on any atom is 0.227 e. The summed E-state index contributed by atoms with van der Waals surface area (Å²) in [7, 11) is 3.45. The van der Waals surface area contributed by atoms with Crippen LogP contribution in [0.15, 0.2) is 48.7 Å². The molecule has 1 fully saturated rings. The van der Waals surface area contributed by atoms with Crippen LogP contribution in [0.2, 0.25) is 0 Å². The van der Waals surface area contributed by atoms with E-state index in [0.717, 1.165) is 23.4 Å². The van der Waals surface area contributed by atoms with Gasteiger partial charge in [-0.15, -0.1) is 0 Å². The molecule has 1 atom stereocenters. The van der Waals surface area contributed by atoms with Crippen LogP contribution in [0.4, 0.5) is 0 Å². The molecule has 6 nitrogen and oxygen atoms in total. The molecule has 3 rings (SSSR count). The molecule has 2 amide bonds. The molecular formula is C22H27N3O3. The molecule has 0 saturated carbocycles. The predicted molar refractivity (Wildman–Crippen MR) is 107 cm³/mol. The normalized spacial score (nSPS) is 16.7. The van der Waals surface area contributed by atoms with Crippen LogP contribution in [0.5, 0.6) is 5.75 Å². The molecule has 1 aromatic carbocycles. The van der Waals surface area contributed by atoms with Crippen LogP contribution in [0.1, 0.15) is 24.1 Å². The Labute approximate surface area is 166 Å².